The van der Waals surface area contributed by atoms with Crippen LogP contribution in [0.4, 0.5) is 0 Å². The van der Waals surface area contributed by atoms with E-state index in [0.29, 0.717) is 16.9 Å². The van der Waals surface area contributed by atoms with Gasteiger partial charge in [0.1, 0.15) is 0 Å². The Hall–Kier alpha value is -0.0400. The van der Waals surface area contributed by atoms with E-state index in [1.165, 1.54) is 25.7 Å². The van der Waals surface area contributed by atoms with Crippen molar-refractivity contribution in [2.75, 3.05) is 0 Å². The molecule has 1 nitrogen and oxygen atoms in total. The van der Waals surface area contributed by atoms with Crippen LogP contribution >= 0.6 is 0 Å². The summed E-state index contributed by atoms with van der Waals surface area (Å²) in [6.07, 6.45) is 6.03. The average molecular weight is 222 g/mol. The first-order valence-corrected chi connectivity index (χ1v) is 6.96. The van der Waals surface area contributed by atoms with Crippen LogP contribution in [0.25, 0.3) is 0 Å². The second kappa shape index (κ2) is 2.85. The molecule has 16 heavy (non-hydrogen) atoms. The third kappa shape index (κ3) is 1.27. The molecule has 0 amide bonds. The van der Waals surface area contributed by atoms with E-state index < -0.39 is 0 Å². The van der Waals surface area contributed by atoms with Gasteiger partial charge in [-0.1, -0.05) is 27.7 Å². The van der Waals surface area contributed by atoms with Gasteiger partial charge in [0, 0.05) is 0 Å². The monoisotopic (exact) mass is 222 g/mol. The van der Waals surface area contributed by atoms with Crippen molar-refractivity contribution in [3.05, 3.63) is 0 Å². The number of hydrogen-bond acceptors (Lipinski definition) is 1. The SMILES string of the molecule is CC1CCC(C)(C)C2CC1(C)CC1OC12C. The molecule has 3 aliphatic rings. The maximum atomic E-state index is 6.08. The topological polar surface area (TPSA) is 12.5 Å². The minimum Gasteiger partial charge on any atom is -0.366 e. The molecule has 0 spiro atoms. The summed E-state index contributed by atoms with van der Waals surface area (Å²) in [7, 11) is 0. The highest BCUT2D eigenvalue weighted by Crippen LogP contribution is 2.66. The summed E-state index contributed by atoms with van der Waals surface area (Å²) in [4.78, 5) is 0. The lowest BCUT2D eigenvalue weighted by Crippen LogP contribution is -2.43. The summed E-state index contributed by atoms with van der Waals surface area (Å²) in [5.74, 6) is 1.64. The van der Waals surface area contributed by atoms with Crippen LogP contribution in [-0.2, 0) is 4.74 Å². The summed E-state index contributed by atoms with van der Waals surface area (Å²) in [6, 6.07) is 0. The molecule has 2 aliphatic carbocycles. The summed E-state index contributed by atoms with van der Waals surface area (Å²) in [5.41, 5.74) is 1.24. The van der Waals surface area contributed by atoms with E-state index in [9.17, 15) is 0 Å². The standard InChI is InChI=1S/C15H26O/c1-10-6-7-13(2,3)11-8-14(10,4)9-12-15(11,5)16-12/h10-12H,6-9H2,1-5H3. The Morgan fingerprint density at radius 3 is 2.44 bits per heavy atom. The first-order valence-electron chi connectivity index (χ1n) is 6.96. The molecule has 2 saturated carbocycles. The van der Waals surface area contributed by atoms with E-state index in [1.54, 1.807) is 0 Å². The lowest BCUT2D eigenvalue weighted by Gasteiger charge is -2.44. The Morgan fingerprint density at radius 2 is 1.75 bits per heavy atom. The van der Waals surface area contributed by atoms with Crippen molar-refractivity contribution in [2.24, 2.45) is 22.7 Å². The first-order chi connectivity index (χ1) is 7.28. The van der Waals surface area contributed by atoms with Gasteiger partial charge in [-0.15, -0.1) is 0 Å². The van der Waals surface area contributed by atoms with Gasteiger partial charge in [-0.25, -0.2) is 0 Å². The van der Waals surface area contributed by atoms with Crippen molar-refractivity contribution < 1.29 is 4.74 Å². The van der Waals surface area contributed by atoms with Gasteiger partial charge in [-0.05, 0) is 55.3 Å². The van der Waals surface area contributed by atoms with E-state index >= 15 is 0 Å². The Labute approximate surface area is 99.9 Å². The molecule has 5 atom stereocenters. The summed E-state index contributed by atoms with van der Waals surface area (Å²) in [6.45, 7) is 12.3. The number of epoxide rings is 1. The van der Waals surface area contributed by atoms with Crippen LogP contribution < -0.4 is 0 Å². The van der Waals surface area contributed by atoms with Crippen LogP contribution in [0.5, 0.6) is 0 Å². The molecule has 0 aromatic rings. The fourth-order valence-electron chi connectivity index (χ4n) is 4.56. The van der Waals surface area contributed by atoms with E-state index in [0.717, 1.165) is 11.8 Å². The quantitative estimate of drug-likeness (QED) is 0.564. The van der Waals surface area contributed by atoms with Crippen molar-refractivity contribution in [3.8, 4) is 0 Å². The molecule has 0 N–H and O–H groups in total. The summed E-state index contributed by atoms with van der Waals surface area (Å²) < 4.78 is 6.08. The van der Waals surface area contributed by atoms with Crippen LogP contribution in [-0.4, -0.2) is 11.7 Å². The highest BCUT2D eigenvalue weighted by molar-refractivity contribution is 5.16. The zero-order valence-electron chi connectivity index (χ0n) is 11.5. The fraction of sp³-hybridized carbons (Fsp3) is 1.00. The molecular weight excluding hydrogens is 196 g/mol. The molecule has 92 valence electrons. The number of hydrogen-bond donors (Lipinski definition) is 0. The van der Waals surface area contributed by atoms with Crippen LogP contribution in [0.3, 0.4) is 0 Å². The van der Waals surface area contributed by atoms with E-state index in [1.807, 2.05) is 0 Å². The summed E-state index contributed by atoms with van der Waals surface area (Å²) >= 11 is 0. The number of fused-ring (bicyclic) bond motifs is 4. The van der Waals surface area contributed by atoms with Crippen LogP contribution in [0.1, 0.15) is 60.3 Å². The van der Waals surface area contributed by atoms with Crippen LogP contribution in [0.2, 0.25) is 0 Å². The number of rotatable bonds is 0. The molecule has 1 aliphatic heterocycles. The van der Waals surface area contributed by atoms with Crippen molar-refractivity contribution in [1.29, 1.82) is 0 Å². The van der Waals surface area contributed by atoms with E-state index in [4.69, 9.17) is 4.74 Å². The molecule has 1 saturated heterocycles. The highest BCUT2D eigenvalue weighted by Gasteiger charge is 2.67. The molecule has 3 rings (SSSR count). The van der Waals surface area contributed by atoms with Crippen molar-refractivity contribution in [1.82, 2.24) is 0 Å². The smallest absolute Gasteiger partial charge is 0.0953 e. The Bertz CT molecular complexity index is 321. The van der Waals surface area contributed by atoms with Crippen LogP contribution in [0.15, 0.2) is 0 Å². The number of ether oxygens (including phenoxy) is 1. The van der Waals surface area contributed by atoms with Gasteiger partial charge in [0.05, 0.1) is 11.7 Å². The predicted molar refractivity (Wildman–Crippen MR) is 66.3 cm³/mol. The largest absolute Gasteiger partial charge is 0.366 e. The first kappa shape index (κ1) is 11.1. The molecule has 1 heteroatoms. The third-order valence-corrected chi connectivity index (χ3v) is 6.35. The molecule has 0 radical (unpaired) electrons. The molecule has 1 heterocycles. The Kier molecular flexibility index (Phi) is 1.98. The van der Waals surface area contributed by atoms with Gasteiger partial charge in [-0.2, -0.15) is 0 Å². The normalized spacial score (nSPS) is 58.7. The van der Waals surface area contributed by atoms with Gasteiger partial charge < -0.3 is 4.74 Å². The van der Waals surface area contributed by atoms with Crippen molar-refractivity contribution in [2.45, 2.75) is 72.0 Å². The zero-order valence-corrected chi connectivity index (χ0v) is 11.5. The average Bonchev–Trinajstić information content (AvgIpc) is 2.84. The molecule has 3 fully saturated rings. The molecule has 2 bridgehead atoms. The van der Waals surface area contributed by atoms with E-state index in [2.05, 4.69) is 34.6 Å². The van der Waals surface area contributed by atoms with Crippen molar-refractivity contribution >= 4 is 0 Å². The lowest BCUT2D eigenvalue weighted by atomic mass is 9.58. The molecule has 0 aromatic heterocycles. The zero-order chi connectivity index (χ0) is 11.8. The second-order valence-corrected chi connectivity index (χ2v) is 7.83. The minimum atomic E-state index is 0.229. The third-order valence-electron chi connectivity index (χ3n) is 6.35. The Morgan fingerprint density at radius 1 is 1.06 bits per heavy atom. The summed E-state index contributed by atoms with van der Waals surface area (Å²) in [5, 5.41) is 0. The van der Waals surface area contributed by atoms with Crippen molar-refractivity contribution in [3.63, 3.8) is 0 Å². The molecular formula is C15H26O. The molecule has 0 aromatic carbocycles. The van der Waals surface area contributed by atoms with Gasteiger partial charge in [0.25, 0.3) is 0 Å². The van der Waals surface area contributed by atoms with Gasteiger partial charge >= 0.3 is 0 Å². The second-order valence-electron chi connectivity index (χ2n) is 7.83. The van der Waals surface area contributed by atoms with E-state index in [-0.39, 0.29) is 5.60 Å². The lowest BCUT2D eigenvalue weighted by molar-refractivity contribution is 0.0549. The maximum Gasteiger partial charge on any atom is 0.0953 e. The minimum absolute atomic E-state index is 0.229. The highest BCUT2D eigenvalue weighted by atomic mass is 16.6. The van der Waals surface area contributed by atoms with Gasteiger partial charge in [0.2, 0.25) is 0 Å². The van der Waals surface area contributed by atoms with Crippen LogP contribution in [0, 0.1) is 22.7 Å². The van der Waals surface area contributed by atoms with Gasteiger partial charge in [-0.3, -0.25) is 0 Å². The fourth-order valence-corrected chi connectivity index (χ4v) is 4.56. The predicted octanol–water partition coefficient (Wildman–Crippen LogP) is 4.02. The Balaban J connectivity index is 2.00. The maximum absolute atomic E-state index is 6.08. The van der Waals surface area contributed by atoms with Gasteiger partial charge in [0.15, 0.2) is 0 Å². The molecule has 5 unspecified atom stereocenters.